The van der Waals surface area contributed by atoms with Gasteiger partial charge in [0.15, 0.2) is 0 Å². The van der Waals surface area contributed by atoms with Gasteiger partial charge in [0.2, 0.25) is 11.8 Å². The molecule has 0 spiro atoms. The van der Waals surface area contributed by atoms with Crippen LogP contribution in [-0.2, 0) is 9.59 Å². The van der Waals surface area contributed by atoms with E-state index in [0.29, 0.717) is 0 Å². The number of carbonyl (C=O) groups is 2. The molecule has 0 radical (unpaired) electrons. The molecule has 21 heavy (non-hydrogen) atoms. The fourth-order valence-corrected chi connectivity index (χ4v) is 3.80. The summed E-state index contributed by atoms with van der Waals surface area (Å²) in [5.74, 6) is -0.183. The lowest BCUT2D eigenvalue weighted by atomic mass is 9.81. The van der Waals surface area contributed by atoms with Crippen LogP contribution >= 0.6 is 0 Å². The number of fused-ring (bicyclic) bond motifs is 2. The number of carbonyl (C=O) groups excluding carboxylic acids is 2. The molecule has 2 fully saturated rings. The van der Waals surface area contributed by atoms with Crippen molar-refractivity contribution in [2.24, 2.45) is 11.8 Å². The Morgan fingerprint density at radius 3 is 2.14 bits per heavy atom. The number of hydrogen-bond donors (Lipinski definition) is 0. The molecule has 2 aromatic rings. The summed E-state index contributed by atoms with van der Waals surface area (Å²) in [6, 6.07) is 13.7. The van der Waals surface area contributed by atoms with Gasteiger partial charge in [-0.3, -0.25) is 9.59 Å². The van der Waals surface area contributed by atoms with Crippen molar-refractivity contribution in [1.29, 1.82) is 0 Å². The van der Waals surface area contributed by atoms with Crippen LogP contribution in [0.3, 0.4) is 0 Å². The Kier molecular flexibility index (Phi) is 2.81. The van der Waals surface area contributed by atoms with E-state index in [9.17, 15) is 9.59 Å². The van der Waals surface area contributed by atoms with E-state index >= 15 is 0 Å². The summed E-state index contributed by atoms with van der Waals surface area (Å²) < 4.78 is 0. The van der Waals surface area contributed by atoms with Crippen LogP contribution in [0.4, 0.5) is 5.69 Å². The van der Waals surface area contributed by atoms with Crippen molar-refractivity contribution in [3.05, 3.63) is 42.5 Å². The van der Waals surface area contributed by atoms with E-state index in [2.05, 4.69) is 0 Å². The molecule has 4 rings (SSSR count). The summed E-state index contributed by atoms with van der Waals surface area (Å²) in [4.78, 5) is 26.8. The van der Waals surface area contributed by atoms with Gasteiger partial charge in [-0.2, -0.15) is 0 Å². The number of amides is 2. The van der Waals surface area contributed by atoms with Crippen LogP contribution in [0.5, 0.6) is 0 Å². The van der Waals surface area contributed by atoms with E-state index in [1.54, 1.807) is 0 Å². The zero-order chi connectivity index (χ0) is 14.4. The van der Waals surface area contributed by atoms with Crippen molar-refractivity contribution in [3.8, 4) is 0 Å². The molecular formula is C18H17NO2. The molecule has 1 saturated carbocycles. The van der Waals surface area contributed by atoms with Crippen molar-refractivity contribution < 1.29 is 9.59 Å². The maximum absolute atomic E-state index is 12.7. The minimum Gasteiger partial charge on any atom is -0.274 e. The predicted octanol–water partition coefficient (Wildman–Crippen LogP) is 3.52. The molecule has 0 aromatic heterocycles. The van der Waals surface area contributed by atoms with Gasteiger partial charge in [0.25, 0.3) is 0 Å². The van der Waals surface area contributed by atoms with Crippen LogP contribution in [0.15, 0.2) is 42.5 Å². The lowest BCUT2D eigenvalue weighted by Crippen LogP contribution is -2.31. The van der Waals surface area contributed by atoms with E-state index in [-0.39, 0.29) is 23.7 Å². The summed E-state index contributed by atoms with van der Waals surface area (Å²) in [6.07, 6.45) is 3.83. The number of nitrogens with zero attached hydrogens (tertiary/aromatic N) is 1. The van der Waals surface area contributed by atoms with Gasteiger partial charge < -0.3 is 0 Å². The Labute approximate surface area is 123 Å². The second-order valence-electron chi connectivity index (χ2n) is 6.01. The molecule has 1 saturated heterocycles. The molecule has 0 bridgehead atoms. The molecule has 1 aliphatic carbocycles. The zero-order valence-electron chi connectivity index (χ0n) is 11.8. The van der Waals surface area contributed by atoms with E-state index in [1.807, 2.05) is 42.5 Å². The largest absolute Gasteiger partial charge is 0.274 e. The summed E-state index contributed by atoms with van der Waals surface area (Å²) in [5, 5.41) is 2.03. The lowest BCUT2D eigenvalue weighted by molar-refractivity contribution is -0.122. The predicted molar refractivity (Wildman–Crippen MR) is 81.9 cm³/mol. The van der Waals surface area contributed by atoms with Gasteiger partial charge in [0.05, 0.1) is 17.5 Å². The van der Waals surface area contributed by atoms with Crippen molar-refractivity contribution in [2.75, 3.05) is 4.90 Å². The molecule has 1 aliphatic heterocycles. The average molecular weight is 279 g/mol. The highest BCUT2D eigenvalue weighted by atomic mass is 16.2. The van der Waals surface area contributed by atoms with E-state index in [1.165, 1.54) is 4.90 Å². The molecule has 106 valence electrons. The maximum atomic E-state index is 12.7. The minimum atomic E-state index is -0.0924. The summed E-state index contributed by atoms with van der Waals surface area (Å²) in [6.45, 7) is 0. The van der Waals surface area contributed by atoms with Gasteiger partial charge in [0, 0.05) is 5.39 Å². The van der Waals surface area contributed by atoms with Crippen LogP contribution < -0.4 is 4.90 Å². The zero-order valence-corrected chi connectivity index (χ0v) is 11.8. The number of hydrogen-bond acceptors (Lipinski definition) is 2. The first-order chi connectivity index (χ1) is 10.3. The van der Waals surface area contributed by atoms with Gasteiger partial charge in [0.1, 0.15) is 0 Å². The number of anilines is 1. The van der Waals surface area contributed by atoms with Crippen LogP contribution in [0.2, 0.25) is 0 Å². The van der Waals surface area contributed by atoms with Crippen LogP contribution in [-0.4, -0.2) is 11.8 Å². The molecule has 2 atom stereocenters. The van der Waals surface area contributed by atoms with E-state index in [0.717, 1.165) is 42.1 Å². The molecule has 2 amide bonds. The smallest absolute Gasteiger partial charge is 0.237 e. The second kappa shape index (κ2) is 4.69. The maximum Gasteiger partial charge on any atom is 0.237 e. The quantitative estimate of drug-likeness (QED) is 0.749. The second-order valence-corrected chi connectivity index (χ2v) is 6.01. The first kappa shape index (κ1) is 12.6. The first-order valence-corrected chi connectivity index (χ1v) is 7.63. The number of imide groups is 1. The molecule has 3 heteroatoms. The Balaban J connectivity index is 1.85. The molecule has 1 heterocycles. The lowest BCUT2D eigenvalue weighted by Gasteiger charge is -2.19. The minimum absolute atomic E-state index is 0.000975. The Morgan fingerprint density at radius 2 is 1.43 bits per heavy atom. The topological polar surface area (TPSA) is 37.4 Å². The monoisotopic (exact) mass is 279 g/mol. The summed E-state index contributed by atoms with van der Waals surface area (Å²) in [5.41, 5.74) is 0.748. The normalized spacial score (nSPS) is 25.4. The Morgan fingerprint density at radius 1 is 0.810 bits per heavy atom. The van der Waals surface area contributed by atoms with Crippen molar-refractivity contribution in [1.82, 2.24) is 0 Å². The van der Waals surface area contributed by atoms with Gasteiger partial charge in [-0.15, -0.1) is 0 Å². The number of rotatable bonds is 1. The highest BCUT2D eigenvalue weighted by Crippen LogP contribution is 2.41. The van der Waals surface area contributed by atoms with E-state index < -0.39 is 0 Å². The van der Waals surface area contributed by atoms with Crippen molar-refractivity contribution >= 4 is 28.3 Å². The van der Waals surface area contributed by atoms with E-state index in [4.69, 9.17) is 0 Å². The Bertz CT molecular complexity index is 708. The highest BCUT2D eigenvalue weighted by Gasteiger charge is 2.48. The third kappa shape index (κ3) is 1.80. The number of benzene rings is 2. The molecule has 2 aromatic carbocycles. The standard InChI is InChI=1S/C18H17NO2/c20-17-14-9-3-4-10-15(14)18(21)19(17)16-11-5-7-12-6-1-2-8-13(12)16/h1-2,5-8,11,14-15H,3-4,9-10H2/t14-,15-/m1/s1. The van der Waals surface area contributed by atoms with Crippen LogP contribution in [0, 0.1) is 11.8 Å². The highest BCUT2D eigenvalue weighted by molar-refractivity contribution is 6.24. The molecule has 0 unspecified atom stereocenters. The first-order valence-electron chi connectivity index (χ1n) is 7.63. The van der Waals surface area contributed by atoms with Crippen molar-refractivity contribution in [3.63, 3.8) is 0 Å². The summed E-state index contributed by atoms with van der Waals surface area (Å²) in [7, 11) is 0. The van der Waals surface area contributed by atoms with Gasteiger partial charge >= 0.3 is 0 Å². The van der Waals surface area contributed by atoms with Crippen LogP contribution in [0.25, 0.3) is 10.8 Å². The van der Waals surface area contributed by atoms with Gasteiger partial charge in [-0.25, -0.2) is 4.90 Å². The van der Waals surface area contributed by atoms with Crippen molar-refractivity contribution in [2.45, 2.75) is 25.7 Å². The molecule has 3 nitrogen and oxygen atoms in total. The van der Waals surface area contributed by atoms with Gasteiger partial charge in [-0.05, 0) is 24.3 Å². The SMILES string of the molecule is O=C1[C@@H]2CCCC[C@H]2C(=O)N1c1cccc2ccccc12. The van der Waals surface area contributed by atoms with Gasteiger partial charge in [-0.1, -0.05) is 49.2 Å². The molecule has 2 aliphatic rings. The fourth-order valence-electron chi connectivity index (χ4n) is 3.80. The Hall–Kier alpha value is -2.16. The molecule has 0 N–H and O–H groups in total. The van der Waals surface area contributed by atoms with Crippen LogP contribution in [0.1, 0.15) is 25.7 Å². The fraction of sp³-hybridized carbons (Fsp3) is 0.333. The third-order valence-corrected chi connectivity index (χ3v) is 4.85. The summed E-state index contributed by atoms with van der Waals surface area (Å²) >= 11 is 0. The average Bonchev–Trinajstić information content (AvgIpc) is 2.79. The third-order valence-electron chi connectivity index (χ3n) is 4.85. The molecular weight excluding hydrogens is 262 g/mol.